The molecule has 1 aliphatic heterocycles. The quantitative estimate of drug-likeness (QED) is 0.757. The molecule has 0 saturated carbocycles. The van der Waals surface area contributed by atoms with Crippen molar-refractivity contribution in [3.8, 4) is 0 Å². The van der Waals surface area contributed by atoms with Crippen LogP contribution in [0.15, 0.2) is 40.9 Å². The largest absolute Gasteiger partial charge is 0.374 e. The molecule has 0 fully saturated rings. The van der Waals surface area contributed by atoms with E-state index in [1.165, 1.54) is 11.1 Å². The van der Waals surface area contributed by atoms with Crippen LogP contribution in [0.1, 0.15) is 17.2 Å². The first-order valence-corrected chi connectivity index (χ1v) is 7.76. The second kappa shape index (κ2) is 5.94. The van der Waals surface area contributed by atoms with Gasteiger partial charge in [-0.15, -0.1) is 0 Å². The summed E-state index contributed by atoms with van der Waals surface area (Å²) in [5, 5.41) is 4.57. The molecule has 0 aromatic heterocycles. The summed E-state index contributed by atoms with van der Waals surface area (Å²) in [6.07, 6.45) is 0. The van der Waals surface area contributed by atoms with E-state index < -0.39 is 0 Å². The van der Waals surface area contributed by atoms with Crippen LogP contribution in [0.25, 0.3) is 0 Å². The van der Waals surface area contributed by atoms with Crippen LogP contribution in [0, 0.1) is 0 Å². The third-order valence-electron chi connectivity index (χ3n) is 3.30. The van der Waals surface area contributed by atoms with Gasteiger partial charge < -0.3 is 10.1 Å². The van der Waals surface area contributed by atoms with Crippen LogP contribution < -0.4 is 5.32 Å². The zero-order valence-electron chi connectivity index (χ0n) is 10.5. The Morgan fingerprint density at radius 2 is 1.85 bits per heavy atom. The van der Waals surface area contributed by atoms with Gasteiger partial charge in [0.25, 0.3) is 0 Å². The highest BCUT2D eigenvalue weighted by Gasteiger charge is 2.22. The van der Waals surface area contributed by atoms with E-state index in [0.717, 1.165) is 10.2 Å². The number of anilines is 1. The summed E-state index contributed by atoms with van der Waals surface area (Å²) in [5.41, 5.74) is 3.16. The van der Waals surface area contributed by atoms with E-state index in [-0.39, 0.29) is 6.04 Å². The predicted molar refractivity (Wildman–Crippen MR) is 86.6 cm³/mol. The van der Waals surface area contributed by atoms with Gasteiger partial charge >= 0.3 is 0 Å². The summed E-state index contributed by atoms with van der Waals surface area (Å²) in [7, 11) is 0. The van der Waals surface area contributed by atoms with Crippen molar-refractivity contribution in [2.75, 3.05) is 11.9 Å². The fraction of sp³-hybridized carbons (Fsp3) is 0.200. The first kappa shape index (κ1) is 14.2. The van der Waals surface area contributed by atoms with Gasteiger partial charge in [0.15, 0.2) is 0 Å². The number of rotatable bonds is 2. The smallest absolute Gasteiger partial charge is 0.0752 e. The number of hydrogen-bond acceptors (Lipinski definition) is 2. The fourth-order valence-corrected chi connectivity index (χ4v) is 3.67. The van der Waals surface area contributed by atoms with Crippen molar-refractivity contribution in [2.45, 2.75) is 12.6 Å². The van der Waals surface area contributed by atoms with Crippen molar-refractivity contribution in [1.82, 2.24) is 0 Å². The third-order valence-corrected chi connectivity index (χ3v) is 4.35. The van der Waals surface area contributed by atoms with E-state index in [4.69, 9.17) is 27.9 Å². The van der Waals surface area contributed by atoms with Crippen LogP contribution >= 0.6 is 39.1 Å². The maximum absolute atomic E-state index is 6.26. The first-order valence-electron chi connectivity index (χ1n) is 6.22. The highest BCUT2D eigenvalue weighted by molar-refractivity contribution is 9.10. The Morgan fingerprint density at radius 1 is 1.15 bits per heavy atom. The average Bonchev–Trinajstić information content (AvgIpc) is 2.43. The zero-order chi connectivity index (χ0) is 14.1. The lowest BCUT2D eigenvalue weighted by atomic mass is 9.99. The lowest BCUT2D eigenvalue weighted by Gasteiger charge is -2.28. The van der Waals surface area contributed by atoms with Gasteiger partial charge in [-0.3, -0.25) is 0 Å². The Hall–Kier alpha value is -0.740. The number of hydrogen-bond donors (Lipinski definition) is 1. The number of ether oxygens (including phenoxy) is 1. The first-order chi connectivity index (χ1) is 9.65. The third kappa shape index (κ3) is 2.82. The molecule has 5 heteroatoms. The second-order valence-electron chi connectivity index (χ2n) is 4.66. The molecule has 20 heavy (non-hydrogen) atoms. The molecule has 1 heterocycles. The van der Waals surface area contributed by atoms with Crippen LogP contribution in [0.4, 0.5) is 5.69 Å². The molecule has 0 radical (unpaired) electrons. The number of nitrogens with one attached hydrogen (secondary N) is 1. The molecular weight excluding hydrogens is 361 g/mol. The normalized spacial score (nSPS) is 17.6. The molecule has 1 aliphatic rings. The Balaban J connectivity index is 1.94. The highest BCUT2D eigenvalue weighted by atomic mass is 79.9. The Bertz CT molecular complexity index is 625. The minimum absolute atomic E-state index is 0.0520. The lowest BCUT2D eigenvalue weighted by molar-refractivity contribution is 0.0970. The molecule has 0 bridgehead atoms. The number of fused-ring (bicyclic) bond motifs is 1. The molecule has 0 aliphatic carbocycles. The molecule has 2 aromatic carbocycles. The molecule has 0 saturated heterocycles. The van der Waals surface area contributed by atoms with Gasteiger partial charge in [0.05, 0.1) is 35.0 Å². The van der Waals surface area contributed by atoms with E-state index >= 15 is 0 Å². The Kier molecular flexibility index (Phi) is 4.22. The van der Waals surface area contributed by atoms with Gasteiger partial charge in [0, 0.05) is 4.47 Å². The number of benzene rings is 2. The minimum atomic E-state index is 0.0520. The average molecular weight is 373 g/mol. The Labute approximate surface area is 136 Å². The van der Waals surface area contributed by atoms with Crippen molar-refractivity contribution >= 4 is 44.8 Å². The van der Waals surface area contributed by atoms with Gasteiger partial charge in [-0.1, -0.05) is 63.4 Å². The van der Waals surface area contributed by atoms with Gasteiger partial charge in [-0.05, 0) is 23.3 Å². The maximum atomic E-state index is 6.26. The van der Waals surface area contributed by atoms with Crippen LogP contribution in [0.2, 0.25) is 10.0 Å². The standard InChI is InChI=1S/C15H12BrCl2NO/c16-10-5-12(17)15(13(18)6-10)19-14-8-20-7-9-3-1-2-4-11(9)14/h1-6,14,19H,7-8H2. The molecule has 1 atom stereocenters. The van der Waals surface area contributed by atoms with Crippen molar-refractivity contribution < 1.29 is 4.74 Å². The minimum Gasteiger partial charge on any atom is -0.374 e. The zero-order valence-corrected chi connectivity index (χ0v) is 13.6. The van der Waals surface area contributed by atoms with Crippen molar-refractivity contribution in [3.63, 3.8) is 0 Å². The molecule has 0 amide bonds. The molecule has 1 unspecified atom stereocenters. The monoisotopic (exact) mass is 371 g/mol. The van der Waals surface area contributed by atoms with E-state index in [1.54, 1.807) is 0 Å². The van der Waals surface area contributed by atoms with E-state index in [0.29, 0.717) is 23.3 Å². The maximum Gasteiger partial charge on any atom is 0.0752 e. The van der Waals surface area contributed by atoms with Crippen molar-refractivity contribution in [3.05, 3.63) is 62.0 Å². The van der Waals surface area contributed by atoms with Gasteiger partial charge in [-0.2, -0.15) is 0 Å². The highest BCUT2D eigenvalue weighted by Crippen LogP contribution is 2.37. The molecule has 0 spiro atoms. The summed E-state index contributed by atoms with van der Waals surface area (Å²) in [4.78, 5) is 0. The van der Waals surface area contributed by atoms with Gasteiger partial charge in [0.1, 0.15) is 0 Å². The predicted octanol–water partition coefficient (Wildman–Crippen LogP) is 5.44. The van der Waals surface area contributed by atoms with E-state index in [1.807, 2.05) is 24.3 Å². The van der Waals surface area contributed by atoms with Gasteiger partial charge in [-0.25, -0.2) is 0 Å². The summed E-state index contributed by atoms with van der Waals surface area (Å²) in [5.74, 6) is 0. The van der Waals surface area contributed by atoms with Crippen molar-refractivity contribution in [1.29, 1.82) is 0 Å². The van der Waals surface area contributed by atoms with E-state index in [9.17, 15) is 0 Å². The lowest BCUT2D eigenvalue weighted by Crippen LogP contribution is -2.23. The number of halogens is 3. The van der Waals surface area contributed by atoms with E-state index in [2.05, 4.69) is 33.4 Å². The second-order valence-corrected chi connectivity index (χ2v) is 6.39. The summed E-state index contributed by atoms with van der Waals surface area (Å²) in [6.45, 7) is 1.25. The molecule has 3 rings (SSSR count). The van der Waals surface area contributed by atoms with Crippen LogP contribution in [0.3, 0.4) is 0 Å². The summed E-state index contributed by atoms with van der Waals surface area (Å²) in [6, 6.07) is 11.9. The molecular formula is C15H12BrCl2NO. The molecule has 2 aromatic rings. The van der Waals surface area contributed by atoms with Crippen LogP contribution in [-0.2, 0) is 11.3 Å². The topological polar surface area (TPSA) is 21.3 Å². The molecule has 2 nitrogen and oxygen atoms in total. The van der Waals surface area contributed by atoms with Gasteiger partial charge in [0.2, 0.25) is 0 Å². The SMILES string of the molecule is Clc1cc(Br)cc(Cl)c1NC1COCc2ccccc21. The Morgan fingerprint density at radius 3 is 2.60 bits per heavy atom. The summed E-state index contributed by atoms with van der Waals surface area (Å²) >= 11 is 15.9. The van der Waals surface area contributed by atoms with Crippen LogP contribution in [0.5, 0.6) is 0 Å². The molecule has 1 N–H and O–H groups in total. The summed E-state index contributed by atoms with van der Waals surface area (Å²) < 4.78 is 6.49. The van der Waals surface area contributed by atoms with Crippen molar-refractivity contribution in [2.24, 2.45) is 0 Å². The molecule has 104 valence electrons. The van der Waals surface area contributed by atoms with Crippen LogP contribution in [-0.4, -0.2) is 6.61 Å². The fourth-order valence-electron chi connectivity index (χ4n) is 2.36.